The molecule has 1 aliphatic heterocycles. The number of halogens is 2. The zero-order chi connectivity index (χ0) is 21.7. The number of carbonyl (C=O) groups excluding carboxylic acids is 1. The lowest BCUT2D eigenvalue weighted by Gasteiger charge is -2.29. The van der Waals surface area contributed by atoms with Crippen LogP contribution in [-0.2, 0) is 19.5 Å². The van der Waals surface area contributed by atoms with Crippen LogP contribution in [0.25, 0.3) is 0 Å². The number of amides is 2. The van der Waals surface area contributed by atoms with Gasteiger partial charge >= 0.3 is 11.7 Å². The first-order valence-corrected chi connectivity index (χ1v) is 11.3. The van der Waals surface area contributed by atoms with Gasteiger partial charge in [0.2, 0.25) is 0 Å². The maximum Gasteiger partial charge on any atom is 0.345 e. The molecule has 30 heavy (non-hydrogen) atoms. The number of fused-ring (bicyclic) bond motifs is 1. The lowest BCUT2D eigenvalue weighted by atomic mass is 10.1. The summed E-state index contributed by atoms with van der Waals surface area (Å²) in [5.41, 5.74) is 0.889. The Bertz CT molecular complexity index is 940. The van der Waals surface area contributed by atoms with E-state index >= 15 is 0 Å². The van der Waals surface area contributed by atoms with Crippen LogP contribution in [0.15, 0.2) is 23.0 Å². The van der Waals surface area contributed by atoms with Gasteiger partial charge in [0, 0.05) is 32.6 Å². The van der Waals surface area contributed by atoms with Crippen molar-refractivity contribution < 1.29 is 4.79 Å². The van der Waals surface area contributed by atoms with Gasteiger partial charge in [0.15, 0.2) is 0 Å². The number of aromatic nitrogens is 3. The summed E-state index contributed by atoms with van der Waals surface area (Å²) in [6, 6.07) is 5.17. The van der Waals surface area contributed by atoms with Crippen molar-refractivity contribution in [2.45, 2.75) is 65.1 Å². The van der Waals surface area contributed by atoms with Gasteiger partial charge in [-0.25, -0.2) is 14.3 Å². The molecule has 0 radical (unpaired) electrons. The van der Waals surface area contributed by atoms with Crippen LogP contribution in [0.2, 0.25) is 10.0 Å². The second-order valence-corrected chi connectivity index (χ2v) is 8.47. The van der Waals surface area contributed by atoms with Crippen LogP contribution in [0.5, 0.6) is 0 Å². The zero-order valence-corrected chi connectivity index (χ0v) is 19.0. The van der Waals surface area contributed by atoms with Crippen molar-refractivity contribution >= 4 is 29.2 Å². The van der Waals surface area contributed by atoms with Crippen molar-refractivity contribution in [3.05, 3.63) is 50.1 Å². The first-order chi connectivity index (χ1) is 14.4. The molecule has 3 rings (SSSR count). The summed E-state index contributed by atoms with van der Waals surface area (Å²) < 4.78 is 3.29. The average Bonchev–Trinajstić information content (AvgIpc) is 3.06. The Morgan fingerprint density at radius 3 is 2.80 bits per heavy atom. The van der Waals surface area contributed by atoms with E-state index in [1.54, 1.807) is 21.6 Å². The van der Waals surface area contributed by atoms with Crippen molar-refractivity contribution in [3.8, 4) is 0 Å². The predicted octanol–water partition coefficient (Wildman–Crippen LogP) is 4.26. The topological polar surface area (TPSA) is 72.2 Å². The van der Waals surface area contributed by atoms with E-state index in [2.05, 4.69) is 10.4 Å². The van der Waals surface area contributed by atoms with Crippen LogP contribution in [0.3, 0.4) is 0 Å². The molecule has 7 nitrogen and oxygen atoms in total. The number of nitrogens with one attached hydrogen (secondary N) is 1. The van der Waals surface area contributed by atoms with Crippen molar-refractivity contribution in [2.24, 2.45) is 0 Å². The summed E-state index contributed by atoms with van der Waals surface area (Å²) >= 11 is 12.2. The molecule has 0 spiro atoms. The quantitative estimate of drug-likeness (QED) is 0.606. The lowest BCUT2D eigenvalue weighted by molar-refractivity contribution is 0.179. The number of hydrogen-bond donors (Lipinski definition) is 1. The normalized spacial score (nSPS) is 14.3. The van der Waals surface area contributed by atoms with E-state index in [1.807, 2.05) is 19.9 Å². The highest BCUT2D eigenvalue weighted by molar-refractivity contribution is 6.42. The van der Waals surface area contributed by atoms with Crippen LogP contribution in [-0.4, -0.2) is 38.4 Å². The smallest absolute Gasteiger partial charge is 0.338 e. The second-order valence-electron chi connectivity index (χ2n) is 7.66. The van der Waals surface area contributed by atoms with Crippen LogP contribution < -0.4 is 11.0 Å². The number of nitrogens with zero attached hydrogens (tertiary/aromatic N) is 4. The molecule has 0 saturated heterocycles. The van der Waals surface area contributed by atoms with Crippen molar-refractivity contribution in [1.29, 1.82) is 0 Å². The molecule has 0 aliphatic carbocycles. The number of aryl methyl sites for hydroxylation is 2. The molecule has 0 fully saturated rings. The summed E-state index contributed by atoms with van der Waals surface area (Å²) in [6.07, 6.45) is 4.45. The first-order valence-electron chi connectivity index (χ1n) is 10.6. The molecule has 1 aromatic heterocycles. The minimum absolute atomic E-state index is 0.0446. The van der Waals surface area contributed by atoms with Gasteiger partial charge in [0.25, 0.3) is 0 Å². The van der Waals surface area contributed by atoms with Crippen molar-refractivity contribution in [1.82, 2.24) is 24.6 Å². The highest BCUT2D eigenvalue weighted by Crippen LogP contribution is 2.28. The van der Waals surface area contributed by atoms with Gasteiger partial charge in [-0.3, -0.25) is 4.57 Å². The molecule has 2 heterocycles. The Balaban J connectivity index is 1.55. The summed E-state index contributed by atoms with van der Waals surface area (Å²) in [6.45, 7) is 6.36. The number of urea groups is 1. The molecular weight excluding hydrogens is 425 g/mol. The monoisotopic (exact) mass is 453 g/mol. The predicted molar refractivity (Wildman–Crippen MR) is 119 cm³/mol. The third-order valence-electron chi connectivity index (χ3n) is 5.47. The summed E-state index contributed by atoms with van der Waals surface area (Å²) in [4.78, 5) is 27.0. The van der Waals surface area contributed by atoms with E-state index in [0.29, 0.717) is 36.1 Å². The van der Waals surface area contributed by atoms with E-state index < -0.39 is 0 Å². The molecule has 0 bridgehead atoms. The lowest BCUT2D eigenvalue weighted by Crippen LogP contribution is -2.42. The standard InChI is InChI=1S/C21H29Cl2N5O2/c1-3-11-26(15(2)16-8-9-17(22)18(23)14-16)20(29)24-10-6-13-28-21(30)27-12-5-4-7-19(27)25-28/h8-9,14-15H,3-7,10-13H2,1-2H3,(H,24,29)/t15-/m1/s1. The van der Waals surface area contributed by atoms with E-state index in [1.165, 1.54) is 4.68 Å². The SMILES string of the molecule is CCCN(C(=O)NCCCn1nc2n(c1=O)CCCC2)[C@H](C)c1ccc(Cl)c(Cl)c1. The maximum atomic E-state index is 12.8. The molecule has 2 aromatic rings. The second kappa shape index (κ2) is 10.4. The minimum atomic E-state index is -0.137. The van der Waals surface area contributed by atoms with Crippen LogP contribution in [0.1, 0.15) is 57.0 Å². The van der Waals surface area contributed by atoms with Gasteiger partial charge in [-0.05, 0) is 50.3 Å². The third-order valence-corrected chi connectivity index (χ3v) is 6.21. The van der Waals surface area contributed by atoms with Gasteiger partial charge in [-0.2, -0.15) is 5.10 Å². The van der Waals surface area contributed by atoms with Crippen LogP contribution in [0.4, 0.5) is 4.79 Å². The number of benzene rings is 1. The number of carbonyl (C=O) groups is 1. The Kier molecular flexibility index (Phi) is 7.83. The molecule has 1 N–H and O–H groups in total. The summed E-state index contributed by atoms with van der Waals surface area (Å²) in [5, 5.41) is 8.38. The molecule has 0 unspecified atom stereocenters. The fourth-order valence-corrected chi connectivity index (χ4v) is 4.09. The minimum Gasteiger partial charge on any atom is -0.338 e. The maximum absolute atomic E-state index is 12.8. The third kappa shape index (κ3) is 5.19. The highest BCUT2D eigenvalue weighted by Gasteiger charge is 2.21. The van der Waals surface area contributed by atoms with Gasteiger partial charge in [-0.1, -0.05) is 36.2 Å². The number of rotatable bonds is 8. The number of hydrogen-bond acceptors (Lipinski definition) is 3. The van der Waals surface area contributed by atoms with Crippen molar-refractivity contribution in [3.63, 3.8) is 0 Å². The Morgan fingerprint density at radius 1 is 1.30 bits per heavy atom. The van der Waals surface area contributed by atoms with E-state index in [-0.39, 0.29) is 17.8 Å². The molecule has 1 atom stereocenters. The first kappa shape index (κ1) is 22.7. The molecule has 0 saturated carbocycles. The van der Waals surface area contributed by atoms with E-state index in [0.717, 1.165) is 43.6 Å². The summed E-state index contributed by atoms with van der Waals surface area (Å²) in [5.74, 6) is 0.875. The van der Waals surface area contributed by atoms with Gasteiger partial charge in [0.1, 0.15) is 5.82 Å². The fraction of sp³-hybridized carbons (Fsp3) is 0.571. The Morgan fingerprint density at radius 2 is 2.10 bits per heavy atom. The Hall–Kier alpha value is -1.99. The van der Waals surface area contributed by atoms with Crippen molar-refractivity contribution in [2.75, 3.05) is 13.1 Å². The molecule has 1 aliphatic rings. The zero-order valence-electron chi connectivity index (χ0n) is 17.5. The average molecular weight is 454 g/mol. The largest absolute Gasteiger partial charge is 0.345 e. The van der Waals surface area contributed by atoms with Gasteiger partial charge in [-0.15, -0.1) is 0 Å². The highest BCUT2D eigenvalue weighted by atomic mass is 35.5. The molecular formula is C21H29Cl2N5O2. The van der Waals surface area contributed by atoms with Crippen LogP contribution in [0, 0.1) is 0 Å². The summed E-state index contributed by atoms with van der Waals surface area (Å²) in [7, 11) is 0. The molecule has 164 valence electrons. The fourth-order valence-electron chi connectivity index (χ4n) is 3.78. The van der Waals surface area contributed by atoms with E-state index in [4.69, 9.17) is 23.2 Å². The Labute approximate surface area is 187 Å². The van der Waals surface area contributed by atoms with Gasteiger partial charge in [0.05, 0.1) is 16.1 Å². The van der Waals surface area contributed by atoms with Crippen LogP contribution >= 0.6 is 23.2 Å². The van der Waals surface area contributed by atoms with Gasteiger partial charge < -0.3 is 10.2 Å². The molecule has 2 amide bonds. The molecule has 9 heteroatoms. The van der Waals surface area contributed by atoms with E-state index in [9.17, 15) is 9.59 Å². The molecule has 1 aromatic carbocycles.